The summed E-state index contributed by atoms with van der Waals surface area (Å²) >= 11 is 0. The molecule has 0 unspecified atom stereocenters. The van der Waals surface area contributed by atoms with E-state index in [9.17, 15) is 4.79 Å². The quantitative estimate of drug-likeness (QED) is 0.889. The van der Waals surface area contributed by atoms with Crippen LogP contribution in [0, 0.1) is 0 Å². The molecule has 0 aliphatic carbocycles. The SMILES string of the molecule is O=C(Cc1ccccc1)C[C@@H](c1ccco1)[NH+]1CCCCC1. The zero-order chi connectivity index (χ0) is 15.2. The van der Waals surface area contributed by atoms with Gasteiger partial charge in [0, 0.05) is 6.42 Å². The molecule has 3 nitrogen and oxygen atoms in total. The Morgan fingerprint density at radius 3 is 2.50 bits per heavy atom. The summed E-state index contributed by atoms with van der Waals surface area (Å²) in [6.07, 6.45) is 6.61. The van der Waals surface area contributed by atoms with Crippen molar-refractivity contribution in [3.8, 4) is 0 Å². The number of benzene rings is 1. The summed E-state index contributed by atoms with van der Waals surface area (Å²) in [6, 6.07) is 14.1. The number of ketones is 1. The number of piperidine rings is 1. The topological polar surface area (TPSA) is 34.6 Å². The van der Waals surface area contributed by atoms with Crippen LogP contribution in [0.2, 0.25) is 0 Å². The minimum atomic E-state index is 0.173. The summed E-state index contributed by atoms with van der Waals surface area (Å²) in [6.45, 7) is 2.29. The standard InChI is InChI=1S/C19H23NO2/c21-17(14-16-8-3-1-4-9-16)15-18(19-10-7-13-22-19)20-11-5-2-6-12-20/h1,3-4,7-10,13,18H,2,5-6,11-12,14-15H2/p+1/t18-/m0/s1. The molecule has 0 amide bonds. The Labute approximate surface area is 131 Å². The molecule has 1 fully saturated rings. The Kier molecular flexibility index (Phi) is 5.07. The van der Waals surface area contributed by atoms with Crippen LogP contribution in [0.5, 0.6) is 0 Å². The van der Waals surface area contributed by atoms with Crippen LogP contribution in [0.1, 0.15) is 43.0 Å². The Balaban J connectivity index is 1.68. The van der Waals surface area contributed by atoms with Gasteiger partial charge in [0.1, 0.15) is 5.78 Å². The summed E-state index contributed by atoms with van der Waals surface area (Å²) in [5.41, 5.74) is 1.10. The number of carbonyl (C=O) groups excluding carboxylic acids is 1. The first-order chi connectivity index (χ1) is 10.8. The molecule has 0 saturated carbocycles. The lowest BCUT2D eigenvalue weighted by Crippen LogP contribution is -3.13. The van der Waals surface area contributed by atoms with E-state index >= 15 is 0 Å². The lowest BCUT2D eigenvalue weighted by Gasteiger charge is -2.30. The normalized spacial score (nSPS) is 17.3. The highest BCUT2D eigenvalue weighted by molar-refractivity contribution is 5.81. The zero-order valence-electron chi connectivity index (χ0n) is 13.0. The van der Waals surface area contributed by atoms with Crippen molar-refractivity contribution in [2.24, 2.45) is 0 Å². The molecule has 1 aliphatic rings. The Morgan fingerprint density at radius 2 is 1.82 bits per heavy atom. The van der Waals surface area contributed by atoms with Gasteiger partial charge < -0.3 is 9.32 Å². The first-order valence-corrected chi connectivity index (χ1v) is 8.26. The number of likely N-dealkylation sites (tertiary alicyclic amines) is 1. The van der Waals surface area contributed by atoms with Crippen LogP contribution in [0.15, 0.2) is 53.1 Å². The molecule has 1 aromatic carbocycles. The molecule has 1 aromatic heterocycles. The molecule has 0 bridgehead atoms. The third-order valence-electron chi connectivity index (χ3n) is 4.55. The van der Waals surface area contributed by atoms with Crippen molar-refractivity contribution in [2.45, 2.75) is 38.1 Å². The minimum absolute atomic E-state index is 0.173. The van der Waals surface area contributed by atoms with Gasteiger partial charge in [0.05, 0.1) is 25.8 Å². The molecule has 3 heteroatoms. The molecule has 3 rings (SSSR count). The van der Waals surface area contributed by atoms with Gasteiger partial charge >= 0.3 is 0 Å². The van der Waals surface area contributed by atoms with Gasteiger partial charge in [0.25, 0.3) is 0 Å². The van der Waals surface area contributed by atoms with Crippen LogP contribution in [0.3, 0.4) is 0 Å². The van der Waals surface area contributed by atoms with Crippen LogP contribution < -0.4 is 4.90 Å². The highest BCUT2D eigenvalue weighted by atomic mass is 16.3. The first-order valence-electron chi connectivity index (χ1n) is 8.26. The maximum atomic E-state index is 12.5. The number of hydrogen-bond acceptors (Lipinski definition) is 2. The van der Waals surface area contributed by atoms with Crippen molar-refractivity contribution in [2.75, 3.05) is 13.1 Å². The van der Waals surface area contributed by atoms with Crippen LogP contribution in [-0.2, 0) is 11.2 Å². The van der Waals surface area contributed by atoms with E-state index in [1.807, 2.05) is 42.5 Å². The van der Waals surface area contributed by atoms with E-state index in [4.69, 9.17) is 4.42 Å². The van der Waals surface area contributed by atoms with Gasteiger partial charge in [-0.25, -0.2) is 0 Å². The highest BCUT2D eigenvalue weighted by Gasteiger charge is 2.30. The molecule has 1 saturated heterocycles. The van der Waals surface area contributed by atoms with Crippen molar-refractivity contribution in [3.63, 3.8) is 0 Å². The van der Waals surface area contributed by atoms with E-state index in [0.717, 1.165) is 24.4 Å². The lowest BCUT2D eigenvalue weighted by atomic mass is 9.99. The van der Waals surface area contributed by atoms with Crippen LogP contribution in [-0.4, -0.2) is 18.9 Å². The van der Waals surface area contributed by atoms with Gasteiger partial charge in [0.15, 0.2) is 11.8 Å². The molecule has 22 heavy (non-hydrogen) atoms. The van der Waals surface area contributed by atoms with E-state index < -0.39 is 0 Å². The third kappa shape index (κ3) is 3.86. The Morgan fingerprint density at radius 1 is 1.05 bits per heavy atom. The fourth-order valence-electron chi connectivity index (χ4n) is 3.41. The molecule has 0 radical (unpaired) electrons. The summed E-state index contributed by atoms with van der Waals surface area (Å²) in [4.78, 5) is 14.0. The van der Waals surface area contributed by atoms with Gasteiger partial charge in [-0.05, 0) is 37.0 Å². The van der Waals surface area contributed by atoms with Gasteiger partial charge in [0.2, 0.25) is 0 Å². The first kappa shape index (κ1) is 15.0. The van der Waals surface area contributed by atoms with Crippen molar-refractivity contribution in [3.05, 3.63) is 60.1 Å². The zero-order valence-corrected chi connectivity index (χ0v) is 13.0. The molecular weight excluding hydrogens is 274 g/mol. The van der Waals surface area contributed by atoms with Gasteiger partial charge in [-0.15, -0.1) is 0 Å². The lowest BCUT2D eigenvalue weighted by molar-refractivity contribution is -0.936. The third-order valence-corrected chi connectivity index (χ3v) is 4.55. The molecular formula is C19H24NO2+. The van der Waals surface area contributed by atoms with Gasteiger partial charge in [-0.3, -0.25) is 4.79 Å². The average Bonchev–Trinajstić information content (AvgIpc) is 3.08. The number of carbonyl (C=O) groups is 1. The smallest absolute Gasteiger partial charge is 0.161 e. The van der Waals surface area contributed by atoms with E-state index in [0.29, 0.717) is 18.6 Å². The second-order valence-corrected chi connectivity index (χ2v) is 6.19. The van der Waals surface area contributed by atoms with Crippen molar-refractivity contribution in [1.29, 1.82) is 0 Å². The van der Waals surface area contributed by atoms with E-state index in [2.05, 4.69) is 0 Å². The van der Waals surface area contributed by atoms with Crippen molar-refractivity contribution >= 4 is 5.78 Å². The number of hydrogen-bond donors (Lipinski definition) is 1. The number of furan rings is 1. The number of Topliss-reactive ketones (excluding diaryl/α,β-unsaturated/α-hetero) is 1. The fraction of sp³-hybridized carbons (Fsp3) is 0.421. The molecule has 1 atom stereocenters. The number of rotatable bonds is 6. The second kappa shape index (κ2) is 7.41. The summed E-state index contributed by atoms with van der Waals surface area (Å²) in [7, 11) is 0. The largest absolute Gasteiger partial charge is 0.463 e. The van der Waals surface area contributed by atoms with Gasteiger partial charge in [-0.1, -0.05) is 30.3 Å². The molecule has 116 valence electrons. The monoisotopic (exact) mass is 298 g/mol. The predicted octanol–water partition coefficient (Wildman–Crippen LogP) is 2.59. The average molecular weight is 298 g/mol. The predicted molar refractivity (Wildman–Crippen MR) is 85.8 cm³/mol. The molecule has 1 aliphatic heterocycles. The fourth-order valence-corrected chi connectivity index (χ4v) is 3.41. The molecule has 0 spiro atoms. The number of quaternary nitrogens is 1. The van der Waals surface area contributed by atoms with Crippen LogP contribution in [0.25, 0.3) is 0 Å². The molecule has 1 N–H and O–H groups in total. The van der Waals surface area contributed by atoms with Crippen LogP contribution >= 0.6 is 0 Å². The maximum absolute atomic E-state index is 12.5. The van der Waals surface area contributed by atoms with Crippen molar-refractivity contribution in [1.82, 2.24) is 0 Å². The minimum Gasteiger partial charge on any atom is -0.463 e. The Bertz CT molecular complexity index is 571. The van der Waals surface area contributed by atoms with Crippen molar-refractivity contribution < 1.29 is 14.1 Å². The van der Waals surface area contributed by atoms with E-state index in [-0.39, 0.29) is 6.04 Å². The second-order valence-electron chi connectivity index (χ2n) is 6.19. The molecule has 2 heterocycles. The summed E-state index contributed by atoms with van der Waals surface area (Å²) in [5, 5.41) is 0. The van der Waals surface area contributed by atoms with Gasteiger partial charge in [-0.2, -0.15) is 0 Å². The number of nitrogens with one attached hydrogen (secondary N) is 1. The summed E-state index contributed by atoms with van der Waals surface area (Å²) < 4.78 is 5.63. The molecule has 2 aromatic rings. The maximum Gasteiger partial charge on any atom is 0.161 e. The highest BCUT2D eigenvalue weighted by Crippen LogP contribution is 2.17. The van der Waals surface area contributed by atoms with E-state index in [1.165, 1.54) is 24.2 Å². The summed E-state index contributed by atoms with van der Waals surface area (Å²) in [5.74, 6) is 1.25. The van der Waals surface area contributed by atoms with Crippen LogP contribution in [0.4, 0.5) is 0 Å². The van der Waals surface area contributed by atoms with E-state index in [1.54, 1.807) is 6.26 Å². The Hall–Kier alpha value is -1.87.